The summed E-state index contributed by atoms with van der Waals surface area (Å²) >= 11 is 0. The molecular formula is C14H16O12Ru. The molecule has 0 bridgehead atoms. The van der Waals surface area contributed by atoms with Crippen LogP contribution in [-0.4, -0.2) is 47.0 Å². The van der Waals surface area contributed by atoms with Crippen LogP contribution in [0.2, 0.25) is 0 Å². The Morgan fingerprint density at radius 3 is 0.704 bits per heavy atom. The zero-order valence-corrected chi connectivity index (χ0v) is 16.4. The fourth-order valence-electron chi connectivity index (χ4n) is 0.597. The summed E-state index contributed by atoms with van der Waals surface area (Å²) in [5.74, 6) is -9.03. The Labute approximate surface area is 166 Å². The summed E-state index contributed by atoms with van der Waals surface area (Å²) in [4.78, 5) is 77.3. The fraction of sp³-hybridized carbons (Fsp3) is 0.429. The van der Waals surface area contributed by atoms with Crippen molar-refractivity contribution in [3.05, 3.63) is 0 Å². The molecule has 13 heteroatoms. The van der Waals surface area contributed by atoms with Gasteiger partial charge in [0.15, 0.2) is 11.6 Å². The number of carboxylic acids is 4. The van der Waals surface area contributed by atoms with Crippen molar-refractivity contribution >= 4 is 47.0 Å². The zero-order valence-electron chi connectivity index (χ0n) is 14.7. The number of Topliss-reactive ketones (excluding diaryl/α,β-unsaturated/α-hetero) is 4. The Hall–Kier alpha value is -2.82. The van der Waals surface area contributed by atoms with Gasteiger partial charge in [0.2, 0.25) is 0 Å². The van der Waals surface area contributed by atoms with Crippen LogP contribution in [0.3, 0.4) is 0 Å². The van der Waals surface area contributed by atoms with Crippen LogP contribution in [-0.2, 0) is 57.8 Å². The van der Waals surface area contributed by atoms with Crippen LogP contribution in [0, 0.1) is 0 Å². The monoisotopic (exact) mass is 478 g/mol. The van der Waals surface area contributed by atoms with Crippen molar-refractivity contribution in [1.29, 1.82) is 0 Å². The minimum Gasteiger partial charge on any atom is -0.550 e. The van der Waals surface area contributed by atoms with Crippen molar-refractivity contribution in [2.75, 3.05) is 0 Å². The number of carboxylic acid groups (broad SMARTS) is 4. The summed E-state index contributed by atoms with van der Waals surface area (Å²) < 4.78 is 0. The summed E-state index contributed by atoms with van der Waals surface area (Å²) in [6.45, 7) is 4.22. The van der Waals surface area contributed by atoms with Crippen molar-refractivity contribution in [3.63, 3.8) is 0 Å². The van der Waals surface area contributed by atoms with E-state index in [1.54, 1.807) is 0 Å². The van der Waals surface area contributed by atoms with Gasteiger partial charge in [-0.25, -0.2) is 0 Å². The van der Waals surface area contributed by atoms with Gasteiger partial charge in [-0.15, -0.1) is 0 Å². The second kappa shape index (κ2) is 21.2. The first kappa shape index (κ1) is 35.3. The van der Waals surface area contributed by atoms with Gasteiger partial charge >= 0.3 is 19.5 Å². The van der Waals surface area contributed by atoms with E-state index in [2.05, 4.69) is 0 Å². The molecule has 0 rings (SSSR count). The number of hydrogen-bond donors (Lipinski definition) is 0. The zero-order chi connectivity index (χ0) is 22.0. The number of ketones is 4. The Balaban J connectivity index is -0.0000000843. The second-order valence-electron chi connectivity index (χ2n) is 4.16. The van der Waals surface area contributed by atoms with Gasteiger partial charge in [0, 0.05) is 11.9 Å². The first-order valence-electron chi connectivity index (χ1n) is 6.36. The summed E-state index contributed by atoms with van der Waals surface area (Å²) in [7, 11) is 0. The number of rotatable bonds is 6. The van der Waals surface area contributed by atoms with Crippen LogP contribution in [0.4, 0.5) is 0 Å². The molecule has 0 amide bonds. The molecule has 0 radical (unpaired) electrons. The standard InChI is InChI=1S/2C5H6O4.2C2H4O2.Ru/c2*1-3(6)2-4(7)5(8)9;2*1-2(3)4;/h2*2H2,1H3,(H,8,9);2*1H3,(H,3,4);/q;;;;+4/p-4. The average Bonchev–Trinajstić information content (AvgIpc) is 2.36. The predicted octanol–water partition coefficient (Wildman–Crippen LogP) is -5.92. The van der Waals surface area contributed by atoms with Gasteiger partial charge in [-0.2, -0.15) is 0 Å². The molecule has 0 aromatic rings. The molecule has 27 heavy (non-hydrogen) atoms. The molecule has 0 aromatic heterocycles. The molecule has 12 nitrogen and oxygen atoms in total. The average molecular weight is 477 g/mol. The van der Waals surface area contributed by atoms with Crippen molar-refractivity contribution in [1.82, 2.24) is 0 Å². The third kappa shape index (κ3) is 59.9. The molecule has 0 aliphatic rings. The summed E-state index contributed by atoms with van der Waals surface area (Å²) in [5, 5.41) is 37.0. The second-order valence-corrected chi connectivity index (χ2v) is 4.16. The quantitative estimate of drug-likeness (QED) is 0.198. The van der Waals surface area contributed by atoms with Crippen molar-refractivity contribution in [2.45, 2.75) is 40.5 Å². The molecule has 0 aliphatic carbocycles. The molecule has 0 heterocycles. The molecule has 152 valence electrons. The number of aliphatic carboxylic acids is 4. The predicted molar refractivity (Wildman–Crippen MR) is 72.0 cm³/mol. The molecule has 0 N–H and O–H groups in total. The molecule has 0 spiro atoms. The number of carbonyl (C=O) groups excluding carboxylic acids is 8. The molecule has 0 unspecified atom stereocenters. The van der Waals surface area contributed by atoms with Gasteiger partial charge in [0.1, 0.15) is 23.5 Å². The van der Waals surface area contributed by atoms with Gasteiger partial charge in [-0.3, -0.25) is 19.2 Å². The van der Waals surface area contributed by atoms with Gasteiger partial charge in [-0.05, 0) is 27.7 Å². The minimum absolute atomic E-state index is 0. The van der Waals surface area contributed by atoms with Gasteiger partial charge in [-0.1, -0.05) is 0 Å². The van der Waals surface area contributed by atoms with Crippen molar-refractivity contribution in [2.24, 2.45) is 0 Å². The Kier molecular flexibility index (Phi) is 27.8. The van der Waals surface area contributed by atoms with Gasteiger partial charge in [0.05, 0.1) is 12.8 Å². The van der Waals surface area contributed by atoms with Gasteiger partial charge < -0.3 is 39.6 Å². The molecular weight excluding hydrogens is 461 g/mol. The van der Waals surface area contributed by atoms with E-state index in [1.807, 2.05) is 0 Å². The van der Waals surface area contributed by atoms with E-state index >= 15 is 0 Å². The Morgan fingerprint density at radius 2 is 0.667 bits per heavy atom. The largest absolute Gasteiger partial charge is 4.00 e. The van der Waals surface area contributed by atoms with Crippen LogP contribution in [0.25, 0.3) is 0 Å². The van der Waals surface area contributed by atoms with Crippen molar-refractivity contribution < 1.29 is 78.3 Å². The molecule has 0 fully saturated rings. The van der Waals surface area contributed by atoms with E-state index in [1.165, 1.54) is 0 Å². The van der Waals surface area contributed by atoms with E-state index in [9.17, 15) is 39.0 Å². The summed E-state index contributed by atoms with van der Waals surface area (Å²) in [6, 6.07) is 0. The van der Waals surface area contributed by atoms with Crippen LogP contribution >= 0.6 is 0 Å². The third-order valence-corrected chi connectivity index (χ3v) is 1.27. The van der Waals surface area contributed by atoms with E-state index in [0.29, 0.717) is 0 Å². The van der Waals surface area contributed by atoms with Crippen molar-refractivity contribution in [3.8, 4) is 0 Å². The minimum atomic E-state index is -1.80. The van der Waals surface area contributed by atoms with Crippen LogP contribution < -0.4 is 20.4 Å². The Morgan fingerprint density at radius 1 is 0.519 bits per heavy atom. The third-order valence-electron chi connectivity index (χ3n) is 1.27. The SMILES string of the molecule is CC(=O)CC(=O)C(=O)[O-].CC(=O)CC(=O)C(=O)[O-].CC(=O)[O-].CC(=O)[O-].[Ru+4]. The maximum atomic E-state index is 10.1. The number of hydrogen-bond acceptors (Lipinski definition) is 12. The number of carbonyl (C=O) groups is 8. The van der Waals surface area contributed by atoms with Gasteiger partial charge in [0.25, 0.3) is 0 Å². The van der Waals surface area contributed by atoms with Crippen LogP contribution in [0.5, 0.6) is 0 Å². The summed E-state index contributed by atoms with van der Waals surface area (Å²) in [5.41, 5.74) is 0. The molecule has 0 aliphatic heterocycles. The Bertz CT molecular complexity index is 506. The van der Waals surface area contributed by atoms with Crippen LogP contribution in [0.15, 0.2) is 0 Å². The first-order valence-corrected chi connectivity index (χ1v) is 6.36. The maximum Gasteiger partial charge on any atom is 4.00 e. The molecule has 0 atom stereocenters. The van der Waals surface area contributed by atoms with Crippen LogP contribution in [0.1, 0.15) is 40.5 Å². The first-order chi connectivity index (χ1) is 11.5. The fourth-order valence-corrected chi connectivity index (χ4v) is 0.597. The van der Waals surface area contributed by atoms with E-state index < -0.39 is 59.9 Å². The van der Waals surface area contributed by atoms with E-state index in [-0.39, 0.29) is 19.5 Å². The van der Waals surface area contributed by atoms with E-state index in [4.69, 9.17) is 19.8 Å². The molecule has 0 saturated heterocycles. The summed E-state index contributed by atoms with van der Waals surface area (Å²) in [6.07, 6.45) is -1.13. The molecule has 0 saturated carbocycles. The topological polar surface area (TPSA) is 229 Å². The van der Waals surface area contributed by atoms with E-state index in [0.717, 1.165) is 27.7 Å². The maximum absolute atomic E-state index is 10.1. The normalized spacial score (nSPS) is 7.56. The smallest absolute Gasteiger partial charge is 0.550 e. The molecule has 0 aromatic carbocycles.